The Labute approximate surface area is 103 Å². The highest BCUT2D eigenvalue weighted by Gasteiger charge is 2.22. The standard InChI is InChI=1S/C12H21N5/c1-9-7-11(15-12(13)14-9)17(3)8-10-5-4-6-16(10)2/h7,10H,4-6,8H2,1-3H3,(H2,13,14,15). The van der Waals surface area contributed by atoms with Crippen LogP contribution in [0.25, 0.3) is 0 Å². The number of hydrogen-bond donors (Lipinski definition) is 1. The number of likely N-dealkylation sites (N-methyl/N-ethyl adjacent to an activating group) is 2. The molecule has 2 heterocycles. The minimum absolute atomic E-state index is 0.353. The molecule has 2 rings (SSSR count). The maximum absolute atomic E-state index is 5.67. The largest absolute Gasteiger partial charge is 0.368 e. The van der Waals surface area contributed by atoms with E-state index in [9.17, 15) is 0 Å². The van der Waals surface area contributed by atoms with E-state index in [1.165, 1.54) is 19.4 Å². The maximum atomic E-state index is 5.67. The molecule has 0 radical (unpaired) electrons. The van der Waals surface area contributed by atoms with Gasteiger partial charge in [-0.1, -0.05) is 0 Å². The lowest BCUT2D eigenvalue weighted by molar-refractivity contribution is 0.314. The van der Waals surface area contributed by atoms with Crippen molar-refractivity contribution in [2.45, 2.75) is 25.8 Å². The van der Waals surface area contributed by atoms with Crippen molar-refractivity contribution >= 4 is 11.8 Å². The first-order chi connectivity index (χ1) is 8.06. The molecule has 94 valence electrons. The number of aromatic nitrogens is 2. The molecule has 1 atom stereocenters. The lowest BCUT2D eigenvalue weighted by Crippen LogP contribution is -2.37. The number of aryl methyl sites for hydroxylation is 1. The molecule has 1 aliphatic heterocycles. The highest BCUT2D eigenvalue weighted by molar-refractivity contribution is 5.42. The van der Waals surface area contributed by atoms with Gasteiger partial charge in [-0.05, 0) is 33.4 Å². The summed E-state index contributed by atoms with van der Waals surface area (Å²) >= 11 is 0. The Balaban J connectivity index is 2.06. The molecular formula is C12H21N5. The second-order valence-electron chi connectivity index (χ2n) is 4.88. The molecule has 0 aliphatic carbocycles. The first kappa shape index (κ1) is 12.1. The minimum atomic E-state index is 0.353. The van der Waals surface area contributed by atoms with Crippen LogP contribution in [0.4, 0.5) is 11.8 Å². The van der Waals surface area contributed by atoms with Crippen molar-refractivity contribution in [2.75, 3.05) is 37.8 Å². The lowest BCUT2D eigenvalue weighted by Gasteiger charge is -2.26. The Morgan fingerprint density at radius 1 is 1.53 bits per heavy atom. The summed E-state index contributed by atoms with van der Waals surface area (Å²) in [5.74, 6) is 1.27. The summed E-state index contributed by atoms with van der Waals surface area (Å²) in [7, 11) is 4.25. The fraction of sp³-hybridized carbons (Fsp3) is 0.667. The van der Waals surface area contributed by atoms with Crippen molar-refractivity contribution in [1.29, 1.82) is 0 Å². The number of nitrogen functional groups attached to an aromatic ring is 1. The van der Waals surface area contributed by atoms with Crippen LogP contribution in [-0.4, -0.2) is 48.1 Å². The van der Waals surface area contributed by atoms with Gasteiger partial charge < -0.3 is 15.5 Å². The quantitative estimate of drug-likeness (QED) is 0.843. The first-order valence-electron chi connectivity index (χ1n) is 6.09. The van der Waals surface area contributed by atoms with E-state index >= 15 is 0 Å². The Bertz CT molecular complexity index is 372. The van der Waals surface area contributed by atoms with Gasteiger partial charge in [-0.2, -0.15) is 4.98 Å². The molecule has 0 spiro atoms. The third kappa shape index (κ3) is 2.85. The van der Waals surface area contributed by atoms with Crippen molar-refractivity contribution in [3.8, 4) is 0 Å². The molecule has 1 aliphatic rings. The molecule has 0 aromatic carbocycles. The van der Waals surface area contributed by atoms with Gasteiger partial charge in [0.15, 0.2) is 0 Å². The highest BCUT2D eigenvalue weighted by atomic mass is 15.2. The molecule has 0 bridgehead atoms. The second-order valence-corrected chi connectivity index (χ2v) is 4.88. The normalized spacial score (nSPS) is 20.8. The van der Waals surface area contributed by atoms with Crippen molar-refractivity contribution in [3.63, 3.8) is 0 Å². The third-order valence-electron chi connectivity index (χ3n) is 3.41. The highest BCUT2D eigenvalue weighted by Crippen LogP contribution is 2.18. The van der Waals surface area contributed by atoms with Crippen LogP contribution in [-0.2, 0) is 0 Å². The zero-order valence-electron chi connectivity index (χ0n) is 10.8. The van der Waals surface area contributed by atoms with Crippen molar-refractivity contribution < 1.29 is 0 Å². The Morgan fingerprint density at radius 3 is 2.88 bits per heavy atom. The smallest absolute Gasteiger partial charge is 0.222 e. The van der Waals surface area contributed by atoms with E-state index in [-0.39, 0.29) is 0 Å². The molecule has 2 N–H and O–H groups in total. The number of likely N-dealkylation sites (tertiary alicyclic amines) is 1. The Kier molecular flexibility index (Phi) is 3.47. The predicted molar refractivity (Wildman–Crippen MR) is 70.1 cm³/mol. The molecule has 5 nitrogen and oxygen atoms in total. The number of nitrogens with two attached hydrogens (primary N) is 1. The molecule has 1 aromatic heterocycles. The molecule has 0 amide bonds. The number of rotatable bonds is 3. The van der Waals surface area contributed by atoms with E-state index in [1.54, 1.807) is 0 Å². The SMILES string of the molecule is Cc1cc(N(C)CC2CCCN2C)nc(N)n1. The van der Waals surface area contributed by atoms with Crippen LogP contribution in [0.1, 0.15) is 18.5 Å². The Morgan fingerprint density at radius 2 is 2.29 bits per heavy atom. The van der Waals surface area contributed by atoms with Crippen LogP contribution in [0.5, 0.6) is 0 Å². The van der Waals surface area contributed by atoms with E-state index in [0.717, 1.165) is 18.1 Å². The summed E-state index contributed by atoms with van der Waals surface area (Å²) in [5.41, 5.74) is 6.59. The van der Waals surface area contributed by atoms with E-state index in [1.807, 2.05) is 13.0 Å². The van der Waals surface area contributed by atoms with Gasteiger partial charge in [0, 0.05) is 31.4 Å². The summed E-state index contributed by atoms with van der Waals surface area (Å²) in [5, 5.41) is 0. The molecule has 1 unspecified atom stereocenters. The molecule has 0 saturated carbocycles. The van der Waals surface area contributed by atoms with Gasteiger partial charge in [0.25, 0.3) is 0 Å². The fourth-order valence-electron chi connectivity index (χ4n) is 2.39. The first-order valence-corrected chi connectivity index (χ1v) is 6.09. The summed E-state index contributed by atoms with van der Waals surface area (Å²) in [6.45, 7) is 4.13. The molecule has 1 saturated heterocycles. The van der Waals surface area contributed by atoms with Crippen LogP contribution < -0.4 is 10.6 Å². The monoisotopic (exact) mass is 235 g/mol. The summed E-state index contributed by atoms with van der Waals surface area (Å²) in [6.07, 6.45) is 2.56. The number of hydrogen-bond acceptors (Lipinski definition) is 5. The topological polar surface area (TPSA) is 58.3 Å². The van der Waals surface area contributed by atoms with Crippen LogP contribution in [0.15, 0.2) is 6.07 Å². The van der Waals surface area contributed by atoms with E-state index in [0.29, 0.717) is 12.0 Å². The van der Waals surface area contributed by atoms with Gasteiger partial charge >= 0.3 is 0 Å². The second kappa shape index (κ2) is 4.87. The van der Waals surface area contributed by atoms with E-state index < -0.39 is 0 Å². The van der Waals surface area contributed by atoms with Crippen molar-refractivity contribution in [3.05, 3.63) is 11.8 Å². The summed E-state index contributed by atoms with van der Waals surface area (Å²) < 4.78 is 0. The maximum Gasteiger partial charge on any atom is 0.222 e. The zero-order valence-corrected chi connectivity index (χ0v) is 10.8. The van der Waals surface area contributed by atoms with Gasteiger partial charge in [0.05, 0.1) is 0 Å². The molecule has 1 aromatic rings. The summed E-state index contributed by atoms with van der Waals surface area (Å²) in [6, 6.07) is 2.60. The minimum Gasteiger partial charge on any atom is -0.368 e. The van der Waals surface area contributed by atoms with Crippen LogP contribution >= 0.6 is 0 Å². The fourth-order valence-corrected chi connectivity index (χ4v) is 2.39. The van der Waals surface area contributed by atoms with Gasteiger partial charge in [-0.3, -0.25) is 0 Å². The van der Waals surface area contributed by atoms with E-state index in [4.69, 9.17) is 5.73 Å². The Hall–Kier alpha value is -1.36. The third-order valence-corrected chi connectivity index (χ3v) is 3.41. The van der Waals surface area contributed by atoms with Crippen LogP contribution in [0, 0.1) is 6.92 Å². The van der Waals surface area contributed by atoms with Crippen molar-refractivity contribution in [2.24, 2.45) is 0 Å². The number of nitrogens with zero attached hydrogens (tertiary/aromatic N) is 4. The average molecular weight is 235 g/mol. The summed E-state index contributed by atoms with van der Waals surface area (Å²) in [4.78, 5) is 12.9. The molecule has 17 heavy (non-hydrogen) atoms. The molecule has 1 fully saturated rings. The van der Waals surface area contributed by atoms with Gasteiger partial charge in [0.1, 0.15) is 5.82 Å². The van der Waals surface area contributed by atoms with Gasteiger partial charge in [0.2, 0.25) is 5.95 Å². The van der Waals surface area contributed by atoms with Crippen LogP contribution in [0.2, 0.25) is 0 Å². The van der Waals surface area contributed by atoms with Gasteiger partial charge in [-0.25, -0.2) is 4.98 Å². The van der Waals surface area contributed by atoms with E-state index in [2.05, 4.69) is 33.9 Å². The van der Waals surface area contributed by atoms with Crippen LogP contribution in [0.3, 0.4) is 0 Å². The number of anilines is 2. The molecular weight excluding hydrogens is 214 g/mol. The lowest BCUT2D eigenvalue weighted by atomic mass is 10.2. The van der Waals surface area contributed by atoms with Gasteiger partial charge in [-0.15, -0.1) is 0 Å². The average Bonchev–Trinajstić information content (AvgIpc) is 2.63. The molecule has 5 heteroatoms. The zero-order chi connectivity index (χ0) is 12.4. The van der Waals surface area contributed by atoms with Crippen molar-refractivity contribution in [1.82, 2.24) is 14.9 Å². The predicted octanol–water partition coefficient (Wildman–Crippen LogP) is 0.898.